The molecule has 1 aromatic heterocycles. The number of esters is 1. The van der Waals surface area contributed by atoms with Crippen molar-refractivity contribution in [1.29, 1.82) is 0 Å². The van der Waals surface area contributed by atoms with Crippen LogP contribution in [0.3, 0.4) is 0 Å². The predicted molar refractivity (Wildman–Crippen MR) is 154 cm³/mol. The summed E-state index contributed by atoms with van der Waals surface area (Å²) in [5, 5.41) is 5.41. The van der Waals surface area contributed by atoms with Gasteiger partial charge in [0.05, 0.1) is 25.4 Å². The molecule has 2 aliphatic carbocycles. The zero-order valence-corrected chi connectivity index (χ0v) is 22.7. The first-order valence-electron chi connectivity index (χ1n) is 13.8. The molecule has 4 aromatic rings. The highest BCUT2D eigenvalue weighted by molar-refractivity contribution is 5.96. The van der Waals surface area contributed by atoms with Gasteiger partial charge in [-0.2, -0.15) is 5.10 Å². The van der Waals surface area contributed by atoms with E-state index in [4.69, 9.17) is 0 Å². The van der Waals surface area contributed by atoms with Gasteiger partial charge < -0.3 is 9.64 Å². The zero-order valence-electron chi connectivity index (χ0n) is 22.7. The third-order valence-electron chi connectivity index (χ3n) is 8.53. The zero-order chi connectivity index (χ0) is 27.8. The number of anilines is 1. The summed E-state index contributed by atoms with van der Waals surface area (Å²) in [4.78, 5) is 27.3. The van der Waals surface area contributed by atoms with Crippen LogP contribution in [-0.2, 0) is 27.9 Å². The van der Waals surface area contributed by atoms with Crippen molar-refractivity contribution in [3.8, 4) is 11.1 Å². The molecule has 2 bridgehead atoms. The maximum atomic E-state index is 14.8. The van der Waals surface area contributed by atoms with E-state index in [1.807, 2.05) is 30.1 Å². The number of methoxy groups -OCH3 is 1. The van der Waals surface area contributed by atoms with Crippen molar-refractivity contribution in [2.75, 3.05) is 12.0 Å². The Morgan fingerprint density at radius 1 is 1.05 bits per heavy atom. The van der Waals surface area contributed by atoms with Crippen LogP contribution in [0.2, 0.25) is 0 Å². The monoisotopic (exact) mass is 537 g/mol. The highest BCUT2D eigenvalue weighted by Crippen LogP contribution is 2.49. The molecule has 204 valence electrons. The predicted octanol–water partition coefficient (Wildman–Crippen LogP) is 6.54. The minimum atomic E-state index is -0.525. The van der Waals surface area contributed by atoms with Crippen LogP contribution < -0.4 is 4.90 Å². The minimum Gasteiger partial charge on any atom is -0.466 e. The van der Waals surface area contributed by atoms with Crippen molar-refractivity contribution in [1.82, 2.24) is 9.78 Å². The van der Waals surface area contributed by atoms with Crippen LogP contribution in [-0.4, -0.2) is 28.8 Å². The molecule has 0 radical (unpaired) electrons. The summed E-state index contributed by atoms with van der Waals surface area (Å²) in [7, 11) is 3.22. The Morgan fingerprint density at radius 3 is 2.58 bits per heavy atom. The molecule has 0 spiro atoms. The number of fused-ring (bicyclic) bond motifs is 3. The lowest BCUT2D eigenvalue weighted by Crippen LogP contribution is -2.38. The van der Waals surface area contributed by atoms with Gasteiger partial charge in [-0.1, -0.05) is 36.8 Å². The minimum absolute atomic E-state index is 0.0402. The van der Waals surface area contributed by atoms with Gasteiger partial charge in [0, 0.05) is 30.1 Å². The van der Waals surface area contributed by atoms with E-state index in [1.54, 1.807) is 11.0 Å². The lowest BCUT2D eigenvalue weighted by molar-refractivity contribution is -0.134. The Kier molecular flexibility index (Phi) is 6.96. The molecule has 2 fully saturated rings. The van der Waals surface area contributed by atoms with E-state index in [-0.39, 0.29) is 11.8 Å². The quantitative estimate of drug-likeness (QED) is 0.199. The Morgan fingerprint density at radius 2 is 1.85 bits per heavy atom. The van der Waals surface area contributed by atoms with Crippen LogP contribution in [0.4, 0.5) is 10.1 Å². The molecule has 0 N–H and O–H groups in total. The molecule has 0 aliphatic heterocycles. The van der Waals surface area contributed by atoms with Crippen molar-refractivity contribution < 1.29 is 18.7 Å². The van der Waals surface area contributed by atoms with Crippen LogP contribution in [0, 0.1) is 23.6 Å². The summed E-state index contributed by atoms with van der Waals surface area (Å²) in [5.41, 5.74) is 5.18. The van der Waals surface area contributed by atoms with Gasteiger partial charge in [-0.15, -0.1) is 0 Å². The summed E-state index contributed by atoms with van der Waals surface area (Å²) in [6.45, 7) is 0.332. The van der Waals surface area contributed by atoms with E-state index in [0.717, 1.165) is 46.9 Å². The third kappa shape index (κ3) is 5.16. The van der Waals surface area contributed by atoms with E-state index < -0.39 is 11.8 Å². The number of hydrogen-bond donors (Lipinski definition) is 0. The van der Waals surface area contributed by atoms with Crippen LogP contribution in [0.1, 0.15) is 36.8 Å². The van der Waals surface area contributed by atoms with Crippen molar-refractivity contribution in [3.63, 3.8) is 0 Å². The Labute approximate surface area is 233 Å². The Hall–Kier alpha value is -4.26. The first-order chi connectivity index (χ1) is 19.4. The summed E-state index contributed by atoms with van der Waals surface area (Å²) >= 11 is 0. The number of aromatic nitrogens is 2. The van der Waals surface area contributed by atoms with Gasteiger partial charge in [0.15, 0.2) is 0 Å². The molecule has 6 nitrogen and oxygen atoms in total. The first kappa shape index (κ1) is 26.0. The van der Waals surface area contributed by atoms with Gasteiger partial charge in [0.1, 0.15) is 5.82 Å². The number of aryl methyl sites for hydroxylation is 1. The molecule has 1 amide bonds. The standard InChI is InChI=1S/C33H32FN3O3/c1-36-31-11-10-25(17-27(31)19-35-36)24-7-3-21(4-8-24)20-37(33(39)30-16-22-5-9-26(30)13-22)29-15-23(14-28(34)18-29)6-12-32(38)40-2/h3-4,6-8,10-12,14-15,17-19,22,26,30H,5,9,13,16,20H2,1-2H3/b12-6+/t22-,26+,30-/m1/s1. The topological polar surface area (TPSA) is 64.4 Å². The first-order valence-corrected chi connectivity index (χ1v) is 13.8. The van der Waals surface area contributed by atoms with E-state index in [9.17, 15) is 14.0 Å². The molecule has 2 saturated carbocycles. The van der Waals surface area contributed by atoms with Crippen molar-refractivity contribution in [3.05, 3.63) is 89.9 Å². The van der Waals surface area contributed by atoms with E-state index >= 15 is 0 Å². The summed E-state index contributed by atoms with van der Waals surface area (Å²) in [5.74, 6) is 0.0334. The molecule has 2 aliphatic rings. The maximum absolute atomic E-state index is 14.8. The number of nitrogens with zero attached hydrogens (tertiary/aromatic N) is 3. The van der Waals surface area contributed by atoms with Crippen LogP contribution >= 0.6 is 0 Å². The number of carbonyl (C=O) groups is 2. The van der Waals surface area contributed by atoms with Gasteiger partial charge in [-0.3, -0.25) is 9.48 Å². The lowest BCUT2D eigenvalue weighted by Gasteiger charge is -2.30. The van der Waals surface area contributed by atoms with Crippen molar-refractivity contribution >= 4 is 34.5 Å². The number of ether oxygens (including phenoxy) is 1. The number of carbonyl (C=O) groups excluding carboxylic acids is 2. The normalized spacial score (nSPS) is 19.9. The van der Waals surface area contributed by atoms with Gasteiger partial charge in [0.25, 0.3) is 0 Å². The third-order valence-corrected chi connectivity index (χ3v) is 8.53. The van der Waals surface area contributed by atoms with Crippen LogP contribution in [0.25, 0.3) is 28.1 Å². The Balaban J connectivity index is 1.30. The van der Waals surface area contributed by atoms with Crippen molar-refractivity contribution in [2.45, 2.75) is 32.2 Å². The second-order valence-corrected chi connectivity index (χ2v) is 11.0. The average molecular weight is 538 g/mol. The molecule has 40 heavy (non-hydrogen) atoms. The largest absolute Gasteiger partial charge is 0.466 e. The molecular weight excluding hydrogens is 505 g/mol. The van der Waals surface area contributed by atoms with Gasteiger partial charge in [-0.05, 0) is 89.8 Å². The Bertz CT molecular complexity index is 1610. The fourth-order valence-electron chi connectivity index (χ4n) is 6.45. The number of hydrogen-bond acceptors (Lipinski definition) is 4. The molecule has 3 aromatic carbocycles. The van der Waals surface area contributed by atoms with E-state index in [0.29, 0.717) is 29.6 Å². The SMILES string of the molecule is COC(=O)/C=C/c1cc(F)cc(N(Cc2ccc(-c3ccc4c(cnn4C)c3)cc2)C(=O)[C@@H]2C[C@@H]3CC[C@H]2C3)c1. The summed E-state index contributed by atoms with van der Waals surface area (Å²) < 4.78 is 21.3. The maximum Gasteiger partial charge on any atom is 0.330 e. The highest BCUT2D eigenvalue weighted by Gasteiger charge is 2.44. The smallest absolute Gasteiger partial charge is 0.330 e. The average Bonchev–Trinajstić information content (AvgIpc) is 3.70. The molecule has 0 saturated heterocycles. The molecular formula is C33H32FN3O3. The van der Waals surface area contributed by atoms with E-state index in [1.165, 1.54) is 37.8 Å². The number of halogens is 1. The van der Waals surface area contributed by atoms with Gasteiger partial charge in [-0.25, -0.2) is 9.18 Å². The van der Waals surface area contributed by atoms with Gasteiger partial charge >= 0.3 is 5.97 Å². The lowest BCUT2D eigenvalue weighted by atomic mass is 9.87. The molecule has 3 atom stereocenters. The highest BCUT2D eigenvalue weighted by atomic mass is 19.1. The fraction of sp³-hybridized carbons (Fsp3) is 0.303. The van der Waals surface area contributed by atoms with Gasteiger partial charge in [0.2, 0.25) is 5.91 Å². The number of amides is 1. The van der Waals surface area contributed by atoms with Crippen molar-refractivity contribution in [2.24, 2.45) is 24.8 Å². The second kappa shape index (κ2) is 10.7. The summed E-state index contributed by atoms with van der Waals surface area (Å²) in [6, 6.07) is 18.9. The molecule has 7 heteroatoms. The molecule has 0 unspecified atom stereocenters. The molecule has 1 heterocycles. The van der Waals surface area contributed by atoms with E-state index in [2.05, 4.69) is 40.2 Å². The second-order valence-electron chi connectivity index (χ2n) is 11.0. The number of benzene rings is 3. The number of rotatable bonds is 7. The summed E-state index contributed by atoms with van der Waals surface area (Å²) in [6.07, 6.45) is 8.91. The van der Waals surface area contributed by atoms with Crippen LogP contribution in [0.15, 0.2) is 72.9 Å². The fourth-order valence-corrected chi connectivity index (χ4v) is 6.45. The van der Waals surface area contributed by atoms with Crippen LogP contribution in [0.5, 0.6) is 0 Å². The molecule has 6 rings (SSSR count).